The highest BCUT2D eigenvalue weighted by Gasteiger charge is 2.48. The van der Waals surface area contributed by atoms with Crippen LogP contribution in [0.3, 0.4) is 0 Å². The highest BCUT2D eigenvalue weighted by atomic mass is 19.2. The number of carbonyl (C=O) groups excluding carboxylic acids is 1. The molecule has 0 saturated carbocycles. The molecule has 0 spiro atoms. The number of carbonyl (C=O) groups is 1. The molecule has 8 heteroatoms. The Kier molecular flexibility index (Phi) is 6.22. The summed E-state index contributed by atoms with van der Waals surface area (Å²) in [6.07, 6.45) is 5.43. The second-order valence-corrected chi connectivity index (χ2v) is 9.87. The van der Waals surface area contributed by atoms with E-state index < -0.39 is 17.7 Å². The minimum absolute atomic E-state index is 0.0650. The number of hydrogen-bond donors (Lipinski definition) is 2. The number of para-hydroxylation sites is 1. The Bertz CT molecular complexity index is 1440. The van der Waals surface area contributed by atoms with Gasteiger partial charge in [-0.05, 0) is 53.8 Å². The molecule has 6 rings (SSSR count). The summed E-state index contributed by atoms with van der Waals surface area (Å²) < 4.78 is 33.5. The third-order valence-electron chi connectivity index (χ3n) is 7.79. The minimum Gasteiger partial charge on any atom is -0.468 e. The van der Waals surface area contributed by atoms with Crippen LogP contribution >= 0.6 is 0 Å². The predicted molar refractivity (Wildman–Crippen MR) is 136 cm³/mol. The van der Waals surface area contributed by atoms with Gasteiger partial charge in [0.2, 0.25) is 0 Å². The zero-order valence-corrected chi connectivity index (χ0v) is 20.5. The predicted octanol–water partition coefficient (Wildman–Crippen LogP) is 4.98. The number of methoxy groups -OCH3 is 1. The first kappa shape index (κ1) is 23.8. The number of nitrogens with zero attached hydrogens (tertiary/aromatic N) is 2. The lowest BCUT2D eigenvalue weighted by atomic mass is 9.79. The normalized spacial score (nSPS) is 23.4. The molecule has 1 fully saturated rings. The van der Waals surface area contributed by atoms with Gasteiger partial charge in [0, 0.05) is 54.0 Å². The number of esters is 1. The summed E-state index contributed by atoms with van der Waals surface area (Å²) in [5, 5.41) is 4.75. The van der Waals surface area contributed by atoms with Gasteiger partial charge in [-0.25, -0.2) is 8.78 Å². The van der Waals surface area contributed by atoms with E-state index in [0.717, 1.165) is 40.2 Å². The van der Waals surface area contributed by atoms with Crippen LogP contribution in [0.2, 0.25) is 0 Å². The molecule has 4 atom stereocenters. The van der Waals surface area contributed by atoms with Crippen LogP contribution in [-0.4, -0.2) is 40.0 Å². The maximum absolute atomic E-state index is 14.4. The second kappa shape index (κ2) is 9.68. The summed E-state index contributed by atoms with van der Waals surface area (Å²) in [5.41, 5.74) is 4.92. The first-order valence-electron chi connectivity index (χ1n) is 12.6. The van der Waals surface area contributed by atoms with E-state index in [1.54, 1.807) is 12.3 Å². The molecule has 2 aromatic carbocycles. The van der Waals surface area contributed by atoms with E-state index in [2.05, 4.69) is 26.3 Å². The lowest BCUT2D eigenvalue weighted by Gasteiger charge is -2.50. The van der Waals surface area contributed by atoms with Crippen LogP contribution in [0.4, 0.5) is 8.78 Å². The van der Waals surface area contributed by atoms with Gasteiger partial charge in [0.05, 0.1) is 13.2 Å². The Morgan fingerprint density at radius 3 is 2.73 bits per heavy atom. The highest BCUT2D eigenvalue weighted by Crippen LogP contribution is 2.49. The van der Waals surface area contributed by atoms with Crippen molar-refractivity contribution in [2.24, 2.45) is 0 Å². The third-order valence-corrected chi connectivity index (χ3v) is 7.79. The number of hydrogen-bond acceptors (Lipinski definition) is 5. The van der Waals surface area contributed by atoms with Gasteiger partial charge in [0.15, 0.2) is 11.6 Å². The van der Waals surface area contributed by atoms with E-state index in [4.69, 9.17) is 4.74 Å². The molecule has 2 aliphatic heterocycles. The monoisotopic (exact) mass is 502 g/mol. The van der Waals surface area contributed by atoms with E-state index in [1.165, 1.54) is 13.2 Å². The minimum atomic E-state index is -0.891. The molecule has 0 radical (unpaired) electrons. The average molecular weight is 503 g/mol. The van der Waals surface area contributed by atoms with E-state index in [-0.39, 0.29) is 24.1 Å². The lowest BCUT2D eigenvalue weighted by molar-refractivity contribution is -0.152. The van der Waals surface area contributed by atoms with E-state index in [9.17, 15) is 13.6 Å². The summed E-state index contributed by atoms with van der Waals surface area (Å²) in [7, 11) is 1.40. The molecular formula is C29H28F2N4O2. The quantitative estimate of drug-likeness (QED) is 0.377. The molecule has 4 aromatic rings. The van der Waals surface area contributed by atoms with Crippen LogP contribution in [0.25, 0.3) is 10.9 Å². The molecule has 0 bridgehead atoms. The molecule has 1 saturated heterocycles. The van der Waals surface area contributed by atoms with Gasteiger partial charge in [-0.15, -0.1) is 0 Å². The smallest absolute Gasteiger partial charge is 0.323 e. The van der Waals surface area contributed by atoms with Crippen molar-refractivity contribution >= 4 is 16.9 Å². The van der Waals surface area contributed by atoms with Crippen LogP contribution in [0.1, 0.15) is 47.3 Å². The number of benzene rings is 2. The zero-order valence-electron chi connectivity index (χ0n) is 20.5. The fraction of sp³-hybridized carbons (Fsp3) is 0.310. The number of ether oxygens (including phenoxy) is 1. The van der Waals surface area contributed by atoms with Crippen molar-refractivity contribution in [2.45, 2.75) is 50.0 Å². The first-order chi connectivity index (χ1) is 18.0. The third kappa shape index (κ3) is 4.30. The second-order valence-electron chi connectivity index (χ2n) is 9.87. The van der Waals surface area contributed by atoms with E-state index in [0.29, 0.717) is 24.9 Å². The van der Waals surface area contributed by atoms with Crippen LogP contribution in [0.5, 0.6) is 0 Å². The van der Waals surface area contributed by atoms with Crippen molar-refractivity contribution in [3.63, 3.8) is 0 Å². The van der Waals surface area contributed by atoms with Crippen LogP contribution in [0.15, 0.2) is 67.0 Å². The van der Waals surface area contributed by atoms with Crippen LogP contribution in [0, 0.1) is 11.6 Å². The number of pyridine rings is 1. The molecule has 6 nitrogen and oxygen atoms in total. The van der Waals surface area contributed by atoms with Crippen molar-refractivity contribution in [3.8, 4) is 0 Å². The molecule has 0 unspecified atom stereocenters. The van der Waals surface area contributed by atoms with Crippen molar-refractivity contribution < 1.29 is 18.3 Å². The number of fused-ring (bicyclic) bond motifs is 5. The molecule has 190 valence electrons. The van der Waals surface area contributed by atoms with Gasteiger partial charge in [-0.2, -0.15) is 0 Å². The summed E-state index contributed by atoms with van der Waals surface area (Å²) in [4.78, 5) is 23.1. The largest absolute Gasteiger partial charge is 0.468 e. The first-order valence-corrected chi connectivity index (χ1v) is 12.6. The van der Waals surface area contributed by atoms with Gasteiger partial charge in [-0.3, -0.25) is 14.7 Å². The van der Waals surface area contributed by atoms with Gasteiger partial charge in [-0.1, -0.05) is 30.3 Å². The molecule has 0 amide bonds. The fourth-order valence-corrected chi connectivity index (χ4v) is 6.12. The number of aromatic amines is 1. The van der Waals surface area contributed by atoms with Gasteiger partial charge >= 0.3 is 5.97 Å². The van der Waals surface area contributed by atoms with E-state index >= 15 is 0 Å². The zero-order chi connectivity index (χ0) is 25.5. The van der Waals surface area contributed by atoms with Crippen molar-refractivity contribution in [1.82, 2.24) is 20.2 Å². The number of piperidine rings is 1. The van der Waals surface area contributed by atoms with Crippen molar-refractivity contribution in [3.05, 3.63) is 101 Å². The Balaban J connectivity index is 1.44. The molecule has 2 N–H and O–H groups in total. The number of rotatable bonds is 5. The fourth-order valence-electron chi connectivity index (χ4n) is 6.12. The lowest BCUT2D eigenvalue weighted by Crippen LogP contribution is -2.55. The topological polar surface area (TPSA) is 70.2 Å². The maximum Gasteiger partial charge on any atom is 0.323 e. The Hall–Kier alpha value is -3.62. The van der Waals surface area contributed by atoms with Crippen LogP contribution in [-0.2, 0) is 22.5 Å². The number of nitrogens with one attached hydrogen (secondary N) is 2. The molecule has 2 aliphatic rings. The van der Waals surface area contributed by atoms with E-state index in [1.807, 2.05) is 36.5 Å². The number of halogens is 2. The number of aromatic nitrogens is 2. The van der Waals surface area contributed by atoms with Gasteiger partial charge in [0.25, 0.3) is 0 Å². The summed E-state index contributed by atoms with van der Waals surface area (Å²) in [6.45, 7) is 0.635. The molecule has 0 aliphatic carbocycles. The summed E-state index contributed by atoms with van der Waals surface area (Å²) in [6, 6.07) is 15.1. The Labute approximate surface area is 213 Å². The number of H-pyrrole nitrogens is 1. The highest BCUT2D eigenvalue weighted by molar-refractivity contribution is 5.87. The Morgan fingerprint density at radius 1 is 1.11 bits per heavy atom. The standard InChI is InChI=1S/C29H28F2N4O2/c1-37-29(36)27-14-21-20-6-2-3-7-24(20)34-28(21)26-13-19(33-16-17-5-4-10-32-15-17)12-25(35(26)27)18-8-9-22(30)23(31)11-18/h2-11,15,19,25-27,33-34H,12-14,16H2,1H3/t19-,25+,26-,27+/m1/s1. The van der Waals surface area contributed by atoms with Crippen molar-refractivity contribution in [2.75, 3.05) is 7.11 Å². The van der Waals surface area contributed by atoms with Gasteiger partial charge in [0.1, 0.15) is 6.04 Å². The molecule has 4 heterocycles. The average Bonchev–Trinajstić information content (AvgIpc) is 3.31. The molecular weight excluding hydrogens is 474 g/mol. The summed E-state index contributed by atoms with van der Waals surface area (Å²) in [5.74, 6) is -2.10. The molecule has 2 aromatic heterocycles. The maximum atomic E-state index is 14.4. The SMILES string of the molecule is COC(=O)[C@@H]1Cc2c([nH]c3ccccc23)[C@H]2C[C@H](NCc3cccnc3)C[C@@H](c3ccc(F)c(F)c3)N21. The van der Waals surface area contributed by atoms with Gasteiger partial charge < -0.3 is 15.0 Å². The molecule has 37 heavy (non-hydrogen) atoms. The van der Waals surface area contributed by atoms with Crippen LogP contribution < -0.4 is 5.32 Å². The van der Waals surface area contributed by atoms with Crippen molar-refractivity contribution in [1.29, 1.82) is 0 Å². The summed E-state index contributed by atoms with van der Waals surface area (Å²) >= 11 is 0. The Morgan fingerprint density at radius 2 is 1.95 bits per heavy atom.